The van der Waals surface area contributed by atoms with Gasteiger partial charge in [-0.25, -0.2) is 4.98 Å². The van der Waals surface area contributed by atoms with E-state index in [1.54, 1.807) is 6.20 Å². The molecule has 0 radical (unpaired) electrons. The number of pyridine rings is 1. The first-order chi connectivity index (χ1) is 9.31. The van der Waals surface area contributed by atoms with Gasteiger partial charge in [-0.05, 0) is 19.1 Å². The van der Waals surface area contributed by atoms with E-state index in [4.69, 9.17) is 4.74 Å². The van der Waals surface area contributed by atoms with Crippen LogP contribution in [0.1, 0.15) is 5.69 Å². The van der Waals surface area contributed by atoms with Crippen molar-refractivity contribution in [3.05, 3.63) is 42.7 Å². The second kappa shape index (κ2) is 5.40. The van der Waals surface area contributed by atoms with Crippen LogP contribution in [0.15, 0.2) is 37.1 Å². The van der Waals surface area contributed by atoms with Crippen LogP contribution in [0.4, 0.5) is 5.69 Å². The normalized spacial score (nSPS) is 19.6. The molecule has 100 valence electrons. The van der Waals surface area contributed by atoms with Crippen LogP contribution in [0, 0.1) is 6.92 Å². The molecule has 0 bridgehead atoms. The van der Waals surface area contributed by atoms with Crippen molar-refractivity contribution in [1.29, 1.82) is 0 Å². The van der Waals surface area contributed by atoms with E-state index < -0.39 is 0 Å². The van der Waals surface area contributed by atoms with Gasteiger partial charge in [0.15, 0.2) is 0 Å². The van der Waals surface area contributed by atoms with Crippen LogP contribution in [-0.2, 0) is 11.3 Å². The van der Waals surface area contributed by atoms with Crippen LogP contribution in [0.25, 0.3) is 0 Å². The second-order valence-electron chi connectivity index (χ2n) is 4.86. The number of rotatable bonds is 3. The Kier molecular flexibility index (Phi) is 3.46. The molecule has 2 aromatic heterocycles. The molecule has 1 fully saturated rings. The molecule has 0 N–H and O–H groups in total. The highest BCUT2D eigenvalue weighted by molar-refractivity contribution is 5.44. The Morgan fingerprint density at radius 2 is 2.37 bits per heavy atom. The van der Waals surface area contributed by atoms with E-state index in [0.29, 0.717) is 0 Å². The molecule has 0 spiro atoms. The van der Waals surface area contributed by atoms with Crippen molar-refractivity contribution in [2.45, 2.75) is 19.6 Å². The average molecular weight is 258 g/mol. The van der Waals surface area contributed by atoms with E-state index in [2.05, 4.69) is 31.6 Å². The lowest BCUT2D eigenvalue weighted by Crippen LogP contribution is -2.44. The molecule has 5 heteroatoms. The summed E-state index contributed by atoms with van der Waals surface area (Å²) in [5.74, 6) is 0. The van der Waals surface area contributed by atoms with Crippen molar-refractivity contribution >= 4 is 5.69 Å². The molecule has 2 aromatic rings. The van der Waals surface area contributed by atoms with Gasteiger partial charge >= 0.3 is 0 Å². The molecule has 0 aliphatic carbocycles. The number of imidazole rings is 1. The smallest absolute Gasteiger partial charge is 0.0946 e. The zero-order chi connectivity index (χ0) is 13.1. The highest BCUT2D eigenvalue weighted by atomic mass is 16.5. The zero-order valence-corrected chi connectivity index (χ0v) is 11.1. The number of ether oxygens (including phenoxy) is 1. The fraction of sp³-hybridized carbons (Fsp3) is 0.429. The predicted molar refractivity (Wildman–Crippen MR) is 73.2 cm³/mol. The molecule has 0 amide bonds. The Balaban J connectivity index is 1.66. The molecule has 3 heterocycles. The van der Waals surface area contributed by atoms with E-state index in [9.17, 15) is 0 Å². The van der Waals surface area contributed by atoms with Crippen LogP contribution in [0.5, 0.6) is 0 Å². The van der Waals surface area contributed by atoms with Crippen LogP contribution >= 0.6 is 0 Å². The summed E-state index contributed by atoms with van der Waals surface area (Å²) in [6.45, 7) is 5.42. The minimum Gasteiger partial charge on any atom is -0.373 e. The number of hydrogen-bond acceptors (Lipinski definition) is 4. The number of nitrogens with zero attached hydrogens (tertiary/aromatic N) is 4. The Morgan fingerprint density at radius 3 is 3.11 bits per heavy atom. The van der Waals surface area contributed by atoms with E-state index in [1.807, 2.05) is 25.6 Å². The lowest BCUT2D eigenvalue weighted by molar-refractivity contribution is 0.0296. The van der Waals surface area contributed by atoms with E-state index in [0.717, 1.165) is 31.9 Å². The molecule has 0 saturated carbocycles. The SMILES string of the molecule is Cc1ccc(N2CCOC(Cn3ccnc3)C2)cn1. The minimum absolute atomic E-state index is 0.198. The van der Waals surface area contributed by atoms with E-state index in [-0.39, 0.29) is 6.10 Å². The van der Waals surface area contributed by atoms with Gasteiger partial charge < -0.3 is 14.2 Å². The van der Waals surface area contributed by atoms with Gasteiger partial charge in [-0.3, -0.25) is 4.98 Å². The van der Waals surface area contributed by atoms with E-state index >= 15 is 0 Å². The molecule has 3 rings (SSSR count). The first kappa shape index (κ1) is 12.2. The van der Waals surface area contributed by atoms with Crippen LogP contribution < -0.4 is 4.90 Å². The summed E-state index contributed by atoms with van der Waals surface area (Å²) in [5, 5.41) is 0. The summed E-state index contributed by atoms with van der Waals surface area (Å²) in [6, 6.07) is 4.18. The predicted octanol–water partition coefficient (Wildman–Crippen LogP) is 1.49. The van der Waals surface area contributed by atoms with Crippen molar-refractivity contribution in [1.82, 2.24) is 14.5 Å². The minimum atomic E-state index is 0.198. The molecule has 1 aliphatic heterocycles. The van der Waals surface area contributed by atoms with Crippen molar-refractivity contribution in [2.24, 2.45) is 0 Å². The van der Waals surface area contributed by atoms with Crippen molar-refractivity contribution in [2.75, 3.05) is 24.6 Å². The van der Waals surface area contributed by atoms with Gasteiger partial charge in [-0.2, -0.15) is 0 Å². The monoisotopic (exact) mass is 258 g/mol. The zero-order valence-electron chi connectivity index (χ0n) is 11.1. The number of hydrogen-bond donors (Lipinski definition) is 0. The number of aromatic nitrogens is 3. The summed E-state index contributed by atoms with van der Waals surface area (Å²) < 4.78 is 7.87. The molecule has 5 nitrogen and oxygen atoms in total. The molecule has 1 aliphatic rings. The maximum atomic E-state index is 5.82. The Hall–Kier alpha value is -1.88. The van der Waals surface area contributed by atoms with Gasteiger partial charge in [-0.15, -0.1) is 0 Å². The Bertz CT molecular complexity index is 509. The molecule has 19 heavy (non-hydrogen) atoms. The second-order valence-corrected chi connectivity index (χ2v) is 4.86. The van der Waals surface area contributed by atoms with Crippen molar-refractivity contribution < 1.29 is 4.74 Å². The van der Waals surface area contributed by atoms with Gasteiger partial charge in [0.2, 0.25) is 0 Å². The highest BCUT2D eigenvalue weighted by Gasteiger charge is 2.21. The standard InChI is InChI=1S/C14H18N4O/c1-12-2-3-13(8-16-12)18-6-7-19-14(10-18)9-17-5-4-15-11-17/h2-5,8,11,14H,6-7,9-10H2,1H3. The number of anilines is 1. The number of morpholine rings is 1. The van der Waals surface area contributed by atoms with Gasteiger partial charge in [0.1, 0.15) is 0 Å². The fourth-order valence-electron chi connectivity index (χ4n) is 2.34. The molecule has 1 atom stereocenters. The maximum absolute atomic E-state index is 5.82. The molecule has 1 saturated heterocycles. The molecule has 0 aromatic carbocycles. The Labute approximate surface area is 112 Å². The number of aryl methyl sites for hydroxylation is 1. The first-order valence-electron chi connectivity index (χ1n) is 6.56. The largest absolute Gasteiger partial charge is 0.373 e. The first-order valence-corrected chi connectivity index (χ1v) is 6.56. The van der Waals surface area contributed by atoms with Gasteiger partial charge in [-0.1, -0.05) is 0 Å². The summed E-state index contributed by atoms with van der Waals surface area (Å²) in [6.07, 6.45) is 7.73. The fourth-order valence-corrected chi connectivity index (χ4v) is 2.34. The maximum Gasteiger partial charge on any atom is 0.0946 e. The summed E-state index contributed by atoms with van der Waals surface area (Å²) in [5.41, 5.74) is 2.22. The lowest BCUT2D eigenvalue weighted by atomic mass is 10.2. The topological polar surface area (TPSA) is 43.2 Å². The highest BCUT2D eigenvalue weighted by Crippen LogP contribution is 2.17. The van der Waals surface area contributed by atoms with Crippen molar-refractivity contribution in [3.63, 3.8) is 0 Å². The van der Waals surface area contributed by atoms with Crippen LogP contribution in [0.3, 0.4) is 0 Å². The third-order valence-electron chi connectivity index (χ3n) is 3.37. The van der Waals surface area contributed by atoms with Crippen LogP contribution in [-0.4, -0.2) is 40.3 Å². The average Bonchev–Trinajstić information content (AvgIpc) is 2.93. The summed E-state index contributed by atoms with van der Waals surface area (Å²) in [7, 11) is 0. The summed E-state index contributed by atoms with van der Waals surface area (Å²) in [4.78, 5) is 10.7. The molecular weight excluding hydrogens is 240 g/mol. The third kappa shape index (κ3) is 2.93. The van der Waals surface area contributed by atoms with Crippen molar-refractivity contribution in [3.8, 4) is 0 Å². The van der Waals surface area contributed by atoms with Gasteiger partial charge in [0.25, 0.3) is 0 Å². The quantitative estimate of drug-likeness (QED) is 0.836. The lowest BCUT2D eigenvalue weighted by Gasteiger charge is -2.34. The Morgan fingerprint density at radius 1 is 1.42 bits per heavy atom. The molecular formula is C14H18N4O. The van der Waals surface area contributed by atoms with Gasteiger partial charge in [0, 0.05) is 31.2 Å². The van der Waals surface area contributed by atoms with Gasteiger partial charge in [0.05, 0.1) is 37.5 Å². The summed E-state index contributed by atoms with van der Waals surface area (Å²) >= 11 is 0. The van der Waals surface area contributed by atoms with E-state index in [1.165, 1.54) is 5.69 Å². The molecule has 1 unspecified atom stereocenters. The third-order valence-corrected chi connectivity index (χ3v) is 3.37. The van der Waals surface area contributed by atoms with Crippen LogP contribution in [0.2, 0.25) is 0 Å².